The molecule has 0 aliphatic carbocycles. The molecule has 0 saturated heterocycles. The lowest BCUT2D eigenvalue weighted by Gasteiger charge is -2.08. The van der Waals surface area contributed by atoms with Crippen molar-refractivity contribution >= 4 is 63.0 Å². The minimum Gasteiger partial charge on any atom is -0.465 e. The minimum absolute atomic E-state index is 0.122. The van der Waals surface area contributed by atoms with E-state index in [0.29, 0.717) is 26.9 Å². The SMILES string of the molecule is COC(=O)c1c(NC(=O)c2ccccc2C)sc(C(=O)Nc2cc(Cl)ccc2Cl)c1C. The van der Waals surface area contributed by atoms with Crippen LogP contribution in [0.25, 0.3) is 0 Å². The lowest BCUT2D eigenvalue weighted by Crippen LogP contribution is -2.15. The van der Waals surface area contributed by atoms with Crippen molar-refractivity contribution in [1.29, 1.82) is 0 Å². The van der Waals surface area contributed by atoms with Gasteiger partial charge in [0, 0.05) is 10.6 Å². The Kier molecular flexibility index (Phi) is 7.00. The molecule has 0 saturated carbocycles. The van der Waals surface area contributed by atoms with Gasteiger partial charge in [-0.15, -0.1) is 11.3 Å². The molecule has 1 heterocycles. The number of amides is 2. The number of methoxy groups -OCH3 is 1. The molecular formula is C22H18Cl2N2O4S. The van der Waals surface area contributed by atoms with E-state index in [1.165, 1.54) is 13.2 Å². The van der Waals surface area contributed by atoms with E-state index in [1.54, 1.807) is 31.2 Å². The van der Waals surface area contributed by atoms with Crippen LogP contribution in [0.2, 0.25) is 10.0 Å². The summed E-state index contributed by atoms with van der Waals surface area (Å²) in [6, 6.07) is 11.7. The molecule has 3 rings (SSSR count). The van der Waals surface area contributed by atoms with Gasteiger partial charge in [-0.05, 0) is 49.2 Å². The number of thiophene rings is 1. The Labute approximate surface area is 193 Å². The zero-order chi connectivity index (χ0) is 22.7. The Hall–Kier alpha value is -2.87. The van der Waals surface area contributed by atoms with E-state index < -0.39 is 17.8 Å². The molecule has 0 aliphatic heterocycles. The highest BCUT2D eigenvalue weighted by atomic mass is 35.5. The monoisotopic (exact) mass is 476 g/mol. The van der Waals surface area contributed by atoms with Crippen molar-refractivity contribution in [2.24, 2.45) is 0 Å². The van der Waals surface area contributed by atoms with Gasteiger partial charge < -0.3 is 15.4 Å². The van der Waals surface area contributed by atoms with Gasteiger partial charge in [0.25, 0.3) is 11.8 Å². The molecule has 3 aromatic rings. The van der Waals surface area contributed by atoms with Crippen LogP contribution in [0, 0.1) is 13.8 Å². The Morgan fingerprint density at radius 3 is 2.35 bits per heavy atom. The quantitative estimate of drug-likeness (QED) is 0.444. The number of halogens is 2. The fourth-order valence-electron chi connectivity index (χ4n) is 2.94. The summed E-state index contributed by atoms with van der Waals surface area (Å²) < 4.78 is 4.86. The largest absolute Gasteiger partial charge is 0.465 e. The van der Waals surface area contributed by atoms with Gasteiger partial charge >= 0.3 is 5.97 Å². The van der Waals surface area contributed by atoms with Gasteiger partial charge in [0.2, 0.25) is 0 Å². The highest BCUT2D eigenvalue weighted by Gasteiger charge is 2.27. The molecule has 31 heavy (non-hydrogen) atoms. The number of benzene rings is 2. The van der Waals surface area contributed by atoms with Crippen molar-refractivity contribution in [2.45, 2.75) is 13.8 Å². The average Bonchev–Trinajstić information content (AvgIpc) is 3.06. The molecule has 2 N–H and O–H groups in total. The summed E-state index contributed by atoms with van der Waals surface area (Å²) in [6.45, 7) is 3.42. The second-order valence-electron chi connectivity index (χ2n) is 6.60. The van der Waals surface area contributed by atoms with Gasteiger partial charge in [-0.1, -0.05) is 41.4 Å². The minimum atomic E-state index is -0.659. The maximum atomic E-state index is 12.9. The molecule has 6 nitrogen and oxygen atoms in total. The van der Waals surface area contributed by atoms with Crippen LogP contribution < -0.4 is 10.6 Å². The van der Waals surface area contributed by atoms with Crippen molar-refractivity contribution in [3.05, 3.63) is 79.6 Å². The number of hydrogen-bond donors (Lipinski definition) is 2. The molecule has 1 aromatic heterocycles. The highest BCUT2D eigenvalue weighted by molar-refractivity contribution is 7.19. The molecule has 2 aromatic carbocycles. The molecular weight excluding hydrogens is 459 g/mol. The average molecular weight is 477 g/mol. The van der Waals surface area contributed by atoms with Crippen molar-refractivity contribution < 1.29 is 19.1 Å². The normalized spacial score (nSPS) is 10.5. The lowest BCUT2D eigenvalue weighted by molar-refractivity contribution is 0.0601. The molecule has 160 valence electrons. The number of rotatable bonds is 5. The Bertz CT molecular complexity index is 1190. The summed E-state index contributed by atoms with van der Waals surface area (Å²) >= 11 is 13.1. The van der Waals surface area contributed by atoms with Gasteiger partial charge in [-0.2, -0.15) is 0 Å². The first-order chi connectivity index (χ1) is 14.7. The highest BCUT2D eigenvalue weighted by Crippen LogP contribution is 2.35. The third-order valence-corrected chi connectivity index (χ3v) is 6.31. The molecule has 0 fully saturated rings. The number of carbonyl (C=O) groups excluding carboxylic acids is 3. The number of nitrogens with one attached hydrogen (secondary N) is 2. The van der Waals surface area contributed by atoms with Gasteiger partial charge in [-0.3, -0.25) is 9.59 Å². The third kappa shape index (κ3) is 4.90. The smallest absolute Gasteiger partial charge is 0.341 e. The lowest BCUT2D eigenvalue weighted by atomic mass is 10.1. The van der Waals surface area contributed by atoms with Crippen LogP contribution in [0.4, 0.5) is 10.7 Å². The summed E-state index contributed by atoms with van der Waals surface area (Å²) in [4.78, 5) is 38.3. The van der Waals surface area contributed by atoms with Crippen molar-refractivity contribution in [3.8, 4) is 0 Å². The summed E-state index contributed by atoms with van der Waals surface area (Å²) in [5.74, 6) is -1.55. The third-order valence-electron chi connectivity index (χ3n) is 4.54. The zero-order valence-corrected chi connectivity index (χ0v) is 19.2. The maximum Gasteiger partial charge on any atom is 0.341 e. The molecule has 0 radical (unpaired) electrons. The first-order valence-electron chi connectivity index (χ1n) is 9.08. The standard InChI is InChI=1S/C22H18Cl2N2O4S/c1-11-6-4-5-7-14(11)19(27)26-21-17(22(29)30-3)12(2)18(31-21)20(28)25-16-10-13(23)8-9-15(16)24/h4-10H,1-3H3,(H,25,28)(H,26,27). The predicted octanol–water partition coefficient (Wildman–Crippen LogP) is 5.96. The zero-order valence-electron chi connectivity index (χ0n) is 16.8. The van der Waals surface area contributed by atoms with Crippen LogP contribution in [-0.2, 0) is 4.74 Å². The molecule has 0 atom stereocenters. The second kappa shape index (κ2) is 9.51. The molecule has 0 aliphatic rings. The van der Waals surface area contributed by atoms with Crippen LogP contribution in [0.15, 0.2) is 42.5 Å². The van der Waals surface area contributed by atoms with Crippen molar-refractivity contribution in [3.63, 3.8) is 0 Å². The molecule has 2 amide bonds. The van der Waals surface area contributed by atoms with Gasteiger partial charge in [0.05, 0.1) is 28.3 Å². The van der Waals surface area contributed by atoms with E-state index >= 15 is 0 Å². The van der Waals surface area contributed by atoms with Crippen LogP contribution in [0.3, 0.4) is 0 Å². The number of carbonyl (C=O) groups is 3. The van der Waals surface area contributed by atoms with Gasteiger partial charge in [0.1, 0.15) is 5.00 Å². The number of esters is 1. The van der Waals surface area contributed by atoms with Crippen LogP contribution in [0.1, 0.15) is 41.5 Å². The van der Waals surface area contributed by atoms with E-state index in [1.807, 2.05) is 19.1 Å². The fourth-order valence-corrected chi connectivity index (χ4v) is 4.36. The van der Waals surface area contributed by atoms with E-state index in [-0.39, 0.29) is 15.4 Å². The Morgan fingerprint density at radius 1 is 0.968 bits per heavy atom. The maximum absolute atomic E-state index is 12.9. The number of hydrogen-bond acceptors (Lipinski definition) is 5. The summed E-state index contributed by atoms with van der Waals surface area (Å²) in [7, 11) is 1.23. The number of ether oxygens (including phenoxy) is 1. The molecule has 0 unspecified atom stereocenters. The number of aryl methyl sites for hydroxylation is 1. The Balaban J connectivity index is 1.97. The predicted molar refractivity (Wildman–Crippen MR) is 124 cm³/mol. The van der Waals surface area contributed by atoms with E-state index in [9.17, 15) is 14.4 Å². The summed E-state index contributed by atoms with van der Waals surface area (Å²) in [6.07, 6.45) is 0. The first kappa shape index (κ1) is 22.8. The van der Waals surface area contributed by atoms with E-state index in [4.69, 9.17) is 27.9 Å². The number of anilines is 2. The van der Waals surface area contributed by atoms with E-state index in [0.717, 1.165) is 16.9 Å². The summed E-state index contributed by atoms with van der Waals surface area (Å²) in [5, 5.41) is 6.37. The van der Waals surface area contributed by atoms with Crippen LogP contribution in [-0.4, -0.2) is 24.9 Å². The van der Waals surface area contributed by atoms with Crippen LogP contribution >= 0.6 is 34.5 Å². The topological polar surface area (TPSA) is 84.5 Å². The van der Waals surface area contributed by atoms with Gasteiger partial charge in [0.15, 0.2) is 0 Å². The summed E-state index contributed by atoms with van der Waals surface area (Å²) in [5.41, 5.74) is 2.07. The molecule has 0 spiro atoms. The van der Waals surface area contributed by atoms with Crippen LogP contribution in [0.5, 0.6) is 0 Å². The first-order valence-corrected chi connectivity index (χ1v) is 10.6. The van der Waals surface area contributed by atoms with Crippen molar-refractivity contribution in [1.82, 2.24) is 0 Å². The van der Waals surface area contributed by atoms with Crippen molar-refractivity contribution in [2.75, 3.05) is 17.7 Å². The Morgan fingerprint density at radius 2 is 1.68 bits per heavy atom. The molecule has 0 bridgehead atoms. The second-order valence-corrected chi connectivity index (χ2v) is 8.46. The van der Waals surface area contributed by atoms with Gasteiger partial charge in [-0.25, -0.2) is 4.79 Å². The molecule has 9 heteroatoms. The van der Waals surface area contributed by atoms with E-state index in [2.05, 4.69) is 10.6 Å². The fraction of sp³-hybridized carbons (Fsp3) is 0.136.